The van der Waals surface area contributed by atoms with Gasteiger partial charge in [-0.1, -0.05) is 59.1 Å². The Kier molecular flexibility index (Phi) is 9.58. The zero-order valence-corrected chi connectivity index (χ0v) is 23.5. The fourth-order valence-corrected chi connectivity index (χ4v) is 4.87. The van der Waals surface area contributed by atoms with Crippen LogP contribution in [-0.4, -0.2) is 21.8 Å². The number of nitrogens with zero attached hydrogens (tertiary/aromatic N) is 1. The fourth-order valence-electron chi connectivity index (χ4n) is 4.18. The van der Waals surface area contributed by atoms with Crippen LogP contribution in [-0.2, 0) is 17.5 Å². The van der Waals surface area contributed by atoms with Crippen LogP contribution in [0, 0.1) is 0 Å². The Bertz CT molecular complexity index is 1590. The average Bonchev–Trinajstić information content (AvgIpc) is 2.92. The highest BCUT2D eigenvalue weighted by molar-refractivity contribution is 6.34. The van der Waals surface area contributed by atoms with E-state index in [1.807, 2.05) is 6.07 Å². The minimum absolute atomic E-state index is 0.0866. The van der Waals surface area contributed by atoms with Crippen molar-refractivity contribution in [1.29, 1.82) is 0 Å². The number of rotatable bonds is 10. The maximum atomic E-state index is 13.3. The second kappa shape index (κ2) is 12.9. The Morgan fingerprint density at radius 1 is 0.829 bits per heavy atom. The van der Waals surface area contributed by atoms with E-state index in [0.717, 1.165) is 22.8 Å². The molecule has 2 N–H and O–H groups in total. The van der Waals surface area contributed by atoms with E-state index in [0.29, 0.717) is 22.8 Å². The van der Waals surface area contributed by atoms with E-state index < -0.39 is 17.7 Å². The molecule has 0 atom stereocenters. The summed E-state index contributed by atoms with van der Waals surface area (Å²) in [7, 11) is 0. The van der Waals surface area contributed by atoms with Gasteiger partial charge in [0.15, 0.2) is 5.78 Å². The quantitative estimate of drug-likeness (QED) is 0.173. The molecule has 0 aliphatic rings. The fraction of sp³-hybridized carbons (Fsp3) is 0.167. The monoisotopic (exact) mass is 620 g/mol. The molecular weight excluding hydrogens is 600 g/mol. The average molecular weight is 622 g/mol. The van der Waals surface area contributed by atoms with Gasteiger partial charge in [-0.05, 0) is 65.6 Å². The van der Waals surface area contributed by atoms with Gasteiger partial charge in [-0.2, -0.15) is 13.2 Å². The van der Waals surface area contributed by atoms with Crippen LogP contribution < -0.4 is 5.32 Å². The number of hydrogen-bond acceptors (Lipinski definition) is 4. The zero-order chi connectivity index (χ0) is 29.7. The van der Waals surface area contributed by atoms with Crippen LogP contribution in [0.2, 0.25) is 15.1 Å². The van der Waals surface area contributed by atoms with E-state index >= 15 is 0 Å². The van der Waals surface area contributed by atoms with E-state index in [1.54, 1.807) is 48.7 Å². The van der Waals surface area contributed by atoms with Gasteiger partial charge in [0.25, 0.3) is 0 Å². The molecule has 5 nitrogen and oxygen atoms in total. The van der Waals surface area contributed by atoms with Crippen molar-refractivity contribution in [2.75, 3.05) is 5.32 Å². The van der Waals surface area contributed by atoms with Crippen LogP contribution in [0.1, 0.15) is 40.9 Å². The molecule has 1 aromatic heterocycles. The number of carbonyl (C=O) groups excluding carboxylic acids is 1. The Morgan fingerprint density at radius 3 is 2.24 bits per heavy atom. The Labute approximate surface area is 248 Å². The predicted octanol–water partition coefficient (Wildman–Crippen LogP) is 9.44. The van der Waals surface area contributed by atoms with Crippen molar-refractivity contribution >= 4 is 52.2 Å². The second-order valence-electron chi connectivity index (χ2n) is 9.14. The minimum Gasteiger partial charge on any atom is -0.481 e. The summed E-state index contributed by atoms with van der Waals surface area (Å²) in [4.78, 5) is 27.3. The number of carboxylic acid groups (broad SMARTS) is 1. The van der Waals surface area contributed by atoms with Crippen LogP contribution >= 0.6 is 34.8 Å². The number of pyridine rings is 1. The highest BCUT2D eigenvalue weighted by atomic mass is 35.5. The molecule has 0 unspecified atom stereocenters. The number of carboxylic acids is 1. The van der Waals surface area contributed by atoms with E-state index in [2.05, 4.69) is 10.3 Å². The number of alkyl halides is 3. The summed E-state index contributed by atoms with van der Waals surface area (Å²) in [5.74, 6) is -1.19. The molecule has 41 heavy (non-hydrogen) atoms. The van der Waals surface area contributed by atoms with Crippen molar-refractivity contribution in [1.82, 2.24) is 4.98 Å². The van der Waals surface area contributed by atoms with Crippen LogP contribution in [0.3, 0.4) is 0 Å². The van der Waals surface area contributed by atoms with Crippen molar-refractivity contribution in [2.24, 2.45) is 0 Å². The van der Waals surface area contributed by atoms with Gasteiger partial charge in [-0.25, -0.2) is 0 Å². The van der Waals surface area contributed by atoms with Gasteiger partial charge in [0.2, 0.25) is 0 Å². The number of ketones is 1. The van der Waals surface area contributed by atoms with Gasteiger partial charge in [0.05, 0.1) is 15.6 Å². The number of aliphatic carboxylic acids is 1. The first-order chi connectivity index (χ1) is 19.4. The molecular formula is C30H22Cl3F3N2O3. The van der Waals surface area contributed by atoms with Crippen molar-refractivity contribution in [3.8, 4) is 22.3 Å². The number of halogens is 6. The van der Waals surface area contributed by atoms with Crippen molar-refractivity contribution in [2.45, 2.75) is 32.0 Å². The lowest BCUT2D eigenvalue weighted by Gasteiger charge is -2.15. The van der Waals surface area contributed by atoms with Crippen LogP contribution in [0.5, 0.6) is 0 Å². The number of hydrogen-bond donors (Lipinski definition) is 2. The third-order valence-electron chi connectivity index (χ3n) is 6.26. The normalized spacial score (nSPS) is 11.4. The predicted molar refractivity (Wildman–Crippen MR) is 155 cm³/mol. The first-order valence-corrected chi connectivity index (χ1v) is 13.5. The summed E-state index contributed by atoms with van der Waals surface area (Å²) >= 11 is 18.4. The largest absolute Gasteiger partial charge is 0.481 e. The number of carbonyl (C=O) groups is 2. The van der Waals surface area contributed by atoms with E-state index in [-0.39, 0.29) is 46.3 Å². The minimum atomic E-state index is -4.59. The highest BCUT2D eigenvalue weighted by Gasteiger charge is 2.33. The molecule has 4 aromatic rings. The summed E-state index contributed by atoms with van der Waals surface area (Å²) < 4.78 is 39.9. The zero-order valence-electron chi connectivity index (χ0n) is 21.2. The molecule has 0 radical (unpaired) electrons. The van der Waals surface area contributed by atoms with Gasteiger partial charge in [0, 0.05) is 47.4 Å². The number of anilines is 1. The summed E-state index contributed by atoms with van der Waals surface area (Å²) in [6.07, 6.45) is -2.79. The summed E-state index contributed by atoms with van der Waals surface area (Å²) in [5, 5.41) is 12.4. The lowest BCUT2D eigenvalue weighted by atomic mass is 10.00. The lowest BCUT2D eigenvalue weighted by molar-refractivity contribution is -0.138. The molecule has 4 rings (SSSR count). The molecule has 0 spiro atoms. The van der Waals surface area contributed by atoms with Crippen LogP contribution in [0.15, 0.2) is 72.9 Å². The molecule has 0 aliphatic heterocycles. The van der Waals surface area contributed by atoms with Crippen LogP contribution in [0.4, 0.5) is 18.9 Å². The van der Waals surface area contributed by atoms with E-state index in [1.165, 1.54) is 12.1 Å². The maximum absolute atomic E-state index is 13.3. The molecule has 1 heterocycles. The van der Waals surface area contributed by atoms with Crippen molar-refractivity contribution in [3.63, 3.8) is 0 Å². The molecule has 0 saturated carbocycles. The molecule has 212 valence electrons. The van der Waals surface area contributed by atoms with Crippen molar-refractivity contribution < 1.29 is 27.9 Å². The van der Waals surface area contributed by atoms with Gasteiger partial charge >= 0.3 is 12.1 Å². The van der Waals surface area contributed by atoms with Gasteiger partial charge < -0.3 is 10.4 Å². The Balaban J connectivity index is 1.50. The molecule has 0 amide bonds. The third-order valence-corrected chi connectivity index (χ3v) is 7.14. The highest BCUT2D eigenvalue weighted by Crippen LogP contribution is 2.39. The van der Waals surface area contributed by atoms with Gasteiger partial charge in [0.1, 0.15) is 5.69 Å². The molecule has 3 aromatic carbocycles. The molecule has 11 heteroatoms. The third kappa shape index (κ3) is 7.79. The Hall–Kier alpha value is -3.59. The maximum Gasteiger partial charge on any atom is 0.417 e. The summed E-state index contributed by atoms with van der Waals surface area (Å²) in [6, 6.07) is 17.3. The summed E-state index contributed by atoms with van der Waals surface area (Å²) in [6.45, 7) is 0.358. The molecule has 0 saturated heterocycles. The number of benzene rings is 3. The molecule has 0 aliphatic carbocycles. The first-order valence-electron chi connectivity index (χ1n) is 12.3. The smallest absolute Gasteiger partial charge is 0.417 e. The van der Waals surface area contributed by atoms with Crippen LogP contribution in [0.25, 0.3) is 22.3 Å². The number of Topliss-reactive ketones (excluding diaryl/α,β-unsaturated/α-hetero) is 1. The Morgan fingerprint density at radius 2 is 1.59 bits per heavy atom. The van der Waals surface area contributed by atoms with Crippen molar-refractivity contribution in [3.05, 3.63) is 105 Å². The SMILES string of the molecule is O=C(O)CCCC(=O)c1ccc(-c2cc(Cl)ccc2CNc2ccc(-c3ccc(Cl)c(C(F)(F)F)c3)c(Cl)c2)cn1. The lowest BCUT2D eigenvalue weighted by Crippen LogP contribution is -2.06. The summed E-state index contributed by atoms with van der Waals surface area (Å²) in [5.41, 5.74) is 3.04. The number of aromatic nitrogens is 1. The topological polar surface area (TPSA) is 79.3 Å². The second-order valence-corrected chi connectivity index (χ2v) is 10.4. The van der Waals surface area contributed by atoms with Gasteiger partial charge in [-0.3, -0.25) is 14.6 Å². The molecule has 0 fully saturated rings. The molecule has 0 bridgehead atoms. The first kappa shape index (κ1) is 30.4. The standard InChI is InChI=1S/C30H22Cl3F3N2O3/c31-20-7-4-18(23(13-20)19-6-11-27(38-16-19)28(39)2-1-3-29(40)41)15-37-21-8-9-22(26(33)14-21)17-5-10-25(32)24(12-17)30(34,35)36/h4-14,16,37H,1-3,15H2,(H,40,41). The van der Waals surface area contributed by atoms with E-state index in [4.69, 9.17) is 39.9 Å². The van der Waals surface area contributed by atoms with E-state index in [9.17, 15) is 22.8 Å². The number of nitrogens with one attached hydrogen (secondary N) is 1. The van der Waals surface area contributed by atoms with Gasteiger partial charge in [-0.15, -0.1) is 0 Å².